The van der Waals surface area contributed by atoms with Crippen LogP contribution >= 0.6 is 11.6 Å². The van der Waals surface area contributed by atoms with Crippen LogP contribution in [0.3, 0.4) is 0 Å². The number of amides is 2. The molecular weight excluding hydrogens is 384 g/mol. The predicted molar refractivity (Wildman–Crippen MR) is 92.8 cm³/mol. The van der Waals surface area contributed by atoms with Crippen molar-refractivity contribution in [2.24, 2.45) is 0 Å². The number of nitrogens with zero attached hydrogens (tertiary/aromatic N) is 1. The Balaban J connectivity index is 1.97. The van der Waals surface area contributed by atoms with Crippen molar-refractivity contribution in [1.82, 2.24) is 20.7 Å². The lowest BCUT2D eigenvalue weighted by Gasteiger charge is -2.14. The van der Waals surface area contributed by atoms with E-state index in [1.54, 1.807) is 0 Å². The molecule has 11 heteroatoms. The van der Waals surface area contributed by atoms with Crippen molar-refractivity contribution in [1.29, 1.82) is 0 Å². The van der Waals surface area contributed by atoms with Crippen LogP contribution in [0.25, 0.3) is 0 Å². The number of hydrogen-bond donors (Lipinski definition) is 3. The first kappa shape index (κ1) is 19.9. The standard InChI is InChI=1S/C15H17ClN4O5S/c1-8-13(10(3)25-19-8)26(23,24)20-9(2)14(21)17-18-15(22)11-4-6-12(16)7-5-11/h4-7,9,20H,1-3H3,(H,17,21)(H,18,22)/t9-/m0/s1. The zero-order chi connectivity index (χ0) is 19.5. The molecule has 0 saturated heterocycles. The predicted octanol–water partition coefficient (Wildman–Crippen LogP) is 1.07. The number of aromatic nitrogens is 1. The van der Waals surface area contributed by atoms with Gasteiger partial charge in [-0.15, -0.1) is 0 Å². The Morgan fingerprint density at radius 1 is 1.15 bits per heavy atom. The van der Waals surface area contributed by atoms with Crippen LogP contribution in [-0.4, -0.2) is 31.4 Å². The lowest BCUT2D eigenvalue weighted by molar-refractivity contribution is -0.123. The third-order valence-electron chi connectivity index (χ3n) is 3.37. The third-order valence-corrected chi connectivity index (χ3v) is 5.40. The highest BCUT2D eigenvalue weighted by molar-refractivity contribution is 7.89. The lowest BCUT2D eigenvalue weighted by atomic mass is 10.2. The molecule has 140 valence electrons. The number of rotatable bonds is 5. The smallest absolute Gasteiger partial charge is 0.269 e. The van der Waals surface area contributed by atoms with Gasteiger partial charge in [0.25, 0.3) is 11.8 Å². The lowest BCUT2D eigenvalue weighted by Crippen LogP contribution is -2.51. The van der Waals surface area contributed by atoms with Crippen molar-refractivity contribution >= 4 is 33.4 Å². The van der Waals surface area contributed by atoms with Crippen LogP contribution in [0.15, 0.2) is 33.7 Å². The summed E-state index contributed by atoms with van der Waals surface area (Å²) in [5.74, 6) is -1.21. The van der Waals surface area contributed by atoms with Gasteiger partial charge in [-0.2, -0.15) is 4.72 Å². The van der Waals surface area contributed by atoms with E-state index in [0.29, 0.717) is 5.02 Å². The van der Waals surface area contributed by atoms with E-state index in [1.807, 2.05) is 0 Å². The number of nitrogens with one attached hydrogen (secondary N) is 3. The van der Waals surface area contributed by atoms with Crippen LogP contribution in [0, 0.1) is 13.8 Å². The molecule has 0 aliphatic carbocycles. The number of sulfonamides is 1. The van der Waals surface area contributed by atoms with E-state index >= 15 is 0 Å². The van der Waals surface area contributed by atoms with Gasteiger partial charge in [0.2, 0.25) is 10.0 Å². The Bertz CT molecular complexity index is 905. The number of carbonyl (C=O) groups is 2. The molecule has 0 bridgehead atoms. The maximum Gasteiger partial charge on any atom is 0.269 e. The molecule has 0 unspecified atom stereocenters. The van der Waals surface area contributed by atoms with E-state index in [4.69, 9.17) is 16.1 Å². The molecule has 0 radical (unpaired) electrons. The molecule has 1 aromatic heterocycles. The molecule has 1 heterocycles. The summed E-state index contributed by atoms with van der Waals surface area (Å²) in [5.41, 5.74) is 4.81. The van der Waals surface area contributed by atoms with Gasteiger partial charge in [0.05, 0.1) is 6.04 Å². The average Bonchev–Trinajstić information content (AvgIpc) is 2.91. The molecule has 0 saturated carbocycles. The number of halogens is 1. The minimum absolute atomic E-state index is 0.110. The summed E-state index contributed by atoms with van der Waals surface area (Å²) >= 11 is 5.73. The average molecular weight is 401 g/mol. The first-order valence-electron chi connectivity index (χ1n) is 7.43. The van der Waals surface area contributed by atoms with Crippen molar-refractivity contribution in [3.8, 4) is 0 Å². The summed E-state index contributed by atoms with van der Waals surface area (Å²) in [6, 6.07) is 4.86. The molecule has 2 aromatic rings. The van der Waals surface area contributed by atoms with E-state index in [-0.39, 0.29) is 21.9 Å². The molecule has 9 nitrogen and oxygen atoms in total. The quantitative estimate of drug-likeness (QED) is 0.643. The summed E-state index contributed by atoms with van der Waals surface area (Å²) < 4.78 is 31.7. The van der Waals surface area contributed by atoms with Crippen LogP contribution in [0.1, 0.15) is 28.7 Å². The van der Waals surface area contributed by atoms with E-state index < -0.39 is 27.9 Å². The first-order chi connectivity index (χ1) is 12.1. The SMILES string of the molecule is Cc1noc(C)c1S(=O)(=O)N[C@@H](C)C(=O)NNC(=O)c1ccc(Cl)cc1. The summed E-state index contributed by atoms with van der Waals surface area (Å²) in [6.45, 7) is 4.26. The van der Waals surface area contributed by atoms with E-state index in [1.165, 1.54) is 45.0 Å². The highest BCUT2D eigenvalue weighted by atomic mass is 35.5. The molecule has 2 amide bonds. The first-order valence-corrected chi connectivity index (χ1v) is 9.29. The molecule has 0 aliphatic rings. The van der Waals surface area contributed by atoms with Gasteiger partial charge in [-0.05, 0) is 45.0 Å². The van der Waals surface area contributed by atoms with Crippen molar-refractivity contribution < 1.29 is 22.5 Å². The molecule has 0 fully saturated rings. The van der Waals surface area contributed by atoms with Crippen molar-refractivity contribution in [2.75, 3.05) is 0 Å². The molecule has 2 rings (SSSR count). The number of aryl methyl sites for hydroxylation is 2. The van der Waals surface area contributed by atoms with Gasteiger partial charge in [0.1, 0.15) is 10.6 Å². The van der Waals surface area contributed by atoms with Gasteiger partial charge in [-0.1, -0.05) is 16.8 Å². The molecule has 1 atom stereocenters. The highest BCUT2D eigenvalue weighted by Crippen LogP contribution is 2.18. The maximum absolute atomic E-state index is 12.4. The Morgan fingerprint density at radius 3 is 2.31 bits per heavy atom. The molecule has 1 aromatic carbocycles. The molecular formula is C15H17ClN4O5S. The maximum atomic E-state index is 12.4. The Morgan fingerprint density at radius 2 is 1.77 bits per heavy atom. The number of hydrazine groups is 1. The second-order valence-electron chi connectivity index (χ2n) is 5.45. The minimum atomic E-state index is -4.01. The zero-order valence-corrected chi connectivity index (χ0v) is 15.7. The number of benzene rings is 1. The Labute approximate surface area is 155 Å². The second kappa shape index (κ2) is 7.85. The summed E-state index contributed by atoms with van der Waals surface area (Å²) in [6.07, 6.45) is 0. The molecule has 0 aliphatic heterocycles. The molecule has 3 N–H and O–H groups in total. The van der Waals surface area contributed by atoms with Crippen molar-refractivity contribution in [3.05, 3.63) is 46.3 Å². The van der Waals surface area contributed by atoms with Gasteiger partial charge in [-0.25, -0.2) is 8.42 Å². The number of carbonyl (C=O) groups excluding carboxylic acids is 2. The van der Waals surface area contributed by atoms with Crippen LogP contribution in [0.4, 0.5) is 0 Å². The fraction of sp³-hybridized carbons (Fsp3) is 0.267. The van der Waals surface area contributed by atoms with Crippen LogP contribution in [-0.2, 0) is 14.8 Å². The van der Waals surface area contributed by atoms with Crippen LogP contribution < -0.4 is 15.6 Å². The highest BCUT2D eigenvalue weighted by Gasteiger charge is 2.28. The summed E-state index contributed by atoms with van der Waals surface area (Å²) in [7, 11) is -4.01. The largest absolute Gasteiger partial charge is 0.360 e. The fourth-order valence-corrected chi connectivity index (χ4v) is 3.76. The van der Waals surface area contributed by atoms with Gasteiger partial charge in [0, 0.05) is 10.6 Å². The normalized spacial score (nSPS) is 12.5. The van der Waals surface area contributed by atoms with Crippen molar-refractivity contribution in [2.45, 2.75) is 31.7 Å². The topological polar surface area (TPSA) is 130 Å². The minimum Gasteiger partial charge on any atom is -0.360 e. The van der Waals surface area contributed by atoms with Gasteiger partial charge >= 0.3 is 0 Å². The van der Waals surface area contributed by atoms with E-state index in [9.17, 15) is 18.0 Å². The monoisotopic (exact) mass is 400 g/mol. The molecule has 0 spiro atoms. The summed E-state index contributed by atoms with van der Waals surface area (Å²) in [4.78, 5) is 23.8. The van der Waals surface area contributed by atoms with Gasteiger partial charge in [0.15, 0.2) is 5.76 Å². The van der Waals surface area contributed by atoms with Crippen molar-refractivity contribution in [3.63, 3.8) is 0 Å². The Hall–Kier alpha value is -2.43. The zero-order valence-electron chi connectivity index (χ0n) is 14.2. The number of hydrogen-bond acceptors (Lipinski definition) is 6. The van der Waals surface area contributed by atoms with Gasteiger partial charge in [-0.3, -0.25) is 20.4 Å². The second-order valence-corrected chi connectivity index (χ2v) is 7.53. The molecule has 26 heavy (non-hydrogen) atoms. The van der Waals surface area contributed by atoms with E-state index in [2.05, 4.69) is 20.7 Å². The van der Waals surface area contributed by atoms with E-state index in [0.717, 1.165) is 0 Å². The Kier molecular flexibility index (Phi) is 6.01. The fourth-order valence-electron chi connectivity index (χ4n) is 2.10. The van der Waals surface area contributed by atoms with Gasteiger partial charge < -0.3 is 4.52 Å². The van der Waals surface area contributed by atoms with Crippen LogP contribution in [0.2, 0.25) is 5.02 Å². The van der Waals surface area contributed by atoms with Crippen LogP contribution in [0.5, 0.6) is 0 Å². The summed E-state index contributed by atoms with van der Waals surface area (Å²) in [5, 5.41) is 4.04. The third kappa shape index (κ3) is 4.59.